The molecule has 3 nitrogen and oxygen atoms in total. The molecule has 0 unspecified atom stereocenters. The second kappa shape index (κ2) is 8.70. The molecule has 1 heterocycles. The average molecular weight is 319 g/mol. The lowest BCUT2D eigenvalue weighted by Crippen LogP contribution is -2.44. The average Bonchev–Trinajstić information content (AvgIpc) is 2.52. The third-order valence-electron chi connectivity index (χ3n) is 4.70. The van der Waals surface area contributed by atoms with Gasteiger partial charge in [0.15, 0.2) is 0 Å². The van der Waals surface area contributed by atoms with Gasteiger partial charge in [0.25, 0.3) is 0 Å². The maximum Gasteiger partial charge on any atom is 0.119 e. The predicted octanol–water partition coefficient (Wildman–Crippen LogP) is 3.78. The Labute approximate surface area is 142 Å². The maximum absolute atomic E-state index is 5.86. The number of hydrogen-bond donors (Lipinski definition) is 0. The van der Waals surface area contributed by atoms with Crippen molar-refractivity contribution < 1.29 is 4.74 Å². The first-order valence-electron chi connectivity index (χ1n) is 9.09. The molecule has 130 valence electrons. The highest BCUT2D eigenvalue weighted by atomic mass is 16.5. The summed E-state index contributed by atoms with van der Waals surface area (Å²) in [5, 5.41) is 0. The Morgan fingerprint density at radius 1 is 0.913 bits per heavy atom. The van der Waals surface area contributed by atoms with Gasteiger partial charge in [-0.1, -0.05) is 32.9 Å². The van der Waals surface area contributed by atoms with Gasteiger partial charge in [0.1, 0.15) is 5.75 Å². The molecule has 1 aromatic carbocycles. The zero-order valence-electron chi connectivity index (χ0n) is 15.5. The van der Waals surface area contributed by atoms with Crippen LogP contribution in [0, 0.1) is 0 Å². The van der Waals surface area contributed by atoms with E-state index in [0.29, 0.717) is 0 Å². The van der Waals surface area contributed by atoms with Crippen molar-refractivity contribution in [3.05, 3.63) is 29.8 Å². The van der Waals surface area contributed by atoms with E-state index < -0.39 is 0 Å². The van der Waals surface area contributed by atoms with Crippen molar-refractivity contribution in [3.8, 4) is 5.75 Å². The van der Waals surface area contributed by atoms with Crippen molar-refractivity contribution in [2.24, 2.45) is 0 Å². The molecule has 23 heavy (non-hydrogen) atoms. The van der Waals surface area contributed by atoms with Crippen LogP contribution >= 0.6 is 0 Å². The largest absolute Gasteiger partial charge is 0.494 e. The van der Waals surface area contributed by atoms with Gasteiger partial charge in [-0.25, -0.2) is 0 Å². The van der Waals surface area contributed by atoms with Gasteiger partial charge in [-0.05, 0) is 56.0 Å². The highest BCUT2D eigenvalue weighted by Crippen LogP contribution is 2.24. The van der Waals surface area contributed by atoms with Crippen LogP contribution in [0.1, 0.15) is 45.6 Å². The number of benzene rings is 1. The molecule has 0 aromatic heterocycles. The molecule has 0 N–H and O–H groups in total. The highest BCUT2D eigenvalue weighted by molar-refractivity contribution is 5.31. The summed E-state index contributed by atoms with van der Waals surface area (Å²) in [6, 6.07) is 8.57. The molecule has 0 atom stereocenters. The Morgan fingerprint density at radius 3 is 2.17 bits per heavy atom. The van der Waals surface area contributed by atoms with E-state index in [0.717, 1.165) is 18.8 Å². The van der Waals surface area contributed by atoms with Crippen molar-refractivity contribution in [2.45, 2.75) is 45.4 Å². The molecule has 2 rings (SSSR count). The quantitative estimate of drug-likeness (QED) is 0.712. The van der Waals surface area contributed by atoms with E-state index in [-0.39, 0.29) is 5.41 Å². The molecule has 0 bridgehead atoms. The van der Waals surface area contributed by atoms with Crippen molar-refractivity contribution in [1.82, 2.24) is 9.80 Å². The minimum Gasteiger partial charge on any atom is -0.494 e. The number of piperazine rings is 1. The molecule has 0 spiro atoms. The summed E-state index contributed by atoms with van der Waals surface area (Å²) in [4.78, 5) is 5.00. The topological polar surface area (TPSA) is 15.7 Å². The lowest BCUT2D eigenvalue weighted by molar-refractivity contribution is 0.151. The summed E-state index contributed by atoms with van der Waals surface area (Å²) < 4.78 is 5.86. The number of likely N-dealkylation sites (N-methyl/N-ethyl adjacent to an activating group) is 1. The molecule has 1 fully saturated rings. The maximum atomic E-state index is 5.86. The Morgan fingerprint density at radius 2 is 1.57 bits per heavy atom. The first-order valence-corrected chi connectivity index (χ1v) is 9.09. The third kappa shape index (κ3) is 6.52. The molecule has 0 radical (unpaired) electrons. The van der Waals surface area contributed by atoms with E-state index in [9.17, 15) is 0 Å². The van der Waals surface area contributed by atoms with E-state index in [1.54, 1.807) is 0 Å². The summed E-state index contributed by atoms with van der Waals surface area (Å²) in [7, 11) is 2.21. The normalized spacial score (nSPS) is 17.4. The fourth-order valence-electron chi connectivity index (χ4n) is 2.93. The van der Waals surface area contributed by atoms with Crippen LogP contribution in [0.2, 0.25) is 0 Å². The van der Waals surface area contributed by atoms with E-state index in [2.05, 4.69) is 61.9 Å². The van der Waals surface area contributed by atoms with Crippen LogP contribution in [0.5, 0.6) is 5.75 Å². The van der Waals surface area contributed by atoms with Gasteiger partial charge in [-0.3, -0.25) is 0 Å². The molecule has 1 aliphatic rings. The van der Waals surface area contributed by atoms with Crippen LogP contribution in [0.3, 0.4) is 0 Å². The Kier molecular flexibility index (Phi) is 6.91. The highest BCUT2D eigenvalue weighted by Gasteiger charge is 2.13. The van der Waals surface area contributed by atoms with Gasteiger partial charge in [-0.15, -0.1) is 0 Å². The first kappa shape index (κ1) is 18.3. The molecule has 0 saturated carbocycles. The Hall–Kier alpha value is -1.06. The van der Waals surface area contributed by atoms with Crippen LogP contribution in [0.15, 0.2) is 24.3 Å². The predicted molar refractivity (Wildman–Crippen MR) is 98.4 cm³/mol. The summed E-state index contributed by atoms with van der Waals surface area (Å²) in [5.41, 5.74) is 1.57. The fraction of sp³-hybridized carbons (Fsp3) is 0.700. The second-order valence-electron chi connectivity index (χ2n) is 7.83. The Bertz CT molecular complexity index is 442. The number of unbranched alkanes of at least 4 members (excludes halogenated alkanes) is 2. The van der Waals surface area contributed by atoms with E-state index in [1.807, 2.05) is 0 Å². The van der Waals surface area contributed by atoms with Gasteiger partial charge in [0.2, 0.25) is 0 Å². The number of rotatable bonds is 7. The van der Waals surface area contributed by atoms with Crippen LogP contribution in [0.4, 0.5) is 0 Å². The summed E-state index contributed by atoms with van der Waals surface area (Å²) in [6.07, 6.45) is 3.69. The molecular formula is C20H34N2O. The second-order valence-corrected chi connectivity index (χ2v) is 7.83. The molecular weight excluding hydrogens is 284 g/mol. The third-order valence-corrected chi connectivity index (χ3v) is 4.70. The number of nitrogens with zero attached hydrogens (tertiary/aromatic N) is 2. The van der Waals surface area contributed by atoms with Gasteiger partial charge in [-0.2, -0.15) is 0 Å². The number of hydrogen-bond acceptors (Lipinski definition) is 3. The van der Waals surface area contributed by atoms with Gasteiger partial charge < -0.3 is 14.5 Å². The van der Waals surface area contributed by atoms with E-state index in [4.69, 9.17) is 4.74 Å². The SMILES string of the molecule is CN1CCN(CCCCCOc2ccc(C(C)(C)C)cc2)CC1. The van der Waals surface area contributed by atoms with Gasteiger partial charge in [0, 0.05) is 26.2 Å². The molecule has 0 aliphatic carbocycles. The molecule has 1 aromatic rings. The minimum atomic E-state index is 0.210. The van der Waals surface area contributed by atoms with E-state index in [1.165, 1.54) is 51.1 Å². The fourth-order valence-corrected chi connectivity index (χ4v) is 2.93. The van der Waals surface area contributed by atoms with Gasteiger partial charge >= 0.3 is 0 Å². The molecule has 0 amide bonds. The van der Waals surface area contributed by atoms with Crippen molar-refractivity contribution >= 4 is 0 Å². The molecule has 3 heteroatoms. The minimum absolute atomic E-state index is 0.210. The molecule has 1 saturated heterocycles. The van der Waals surface area contributed by atoms with Crippen molar-refractivity contribution in [1.29, 1.82) is 0 Å². The Balaban J connectivity index is 1.55. The zero-order chi connectivity index (χ0) is 16.7. The first-order chi connectivity index (χ1) is 10.9. The number of ether oxygens (including phenoxy) is 1. The molecule has 1 aliphatic heterocycles. The standard InChI is InChI=1S/C20H34N2O/c1-20(2,3)18-8-10-19(11-9-18)23-17-7-5-6-12-22-15-13-21(4)14-16-22/h8-11H,5-7,12-17H2,1-4H3. The summed E-state index contributed by atoms with van der Waals surface area (Å²) in [5.74, 6) is 0.997. The monoisotopic (exact) mass is 318 g/mol. The summed E-state index contributed by atoms with van der Waals surface area (Å²) in [6.45, 7) is 13.7. The van der Waals surface area contributed by atoms with Crippen molar-refractivity contribution in [2.75, 3.05) is 46.4 Å². The van der Waals surface area contributed by atoms with Crippen molar-refractivity contribution in [3.63, 3.8) is 0 Å². The summed E-state index contributed by atoms with van der Waals surface area (Å²) >= 11 is 0. The van der Waals surface area contributed by atoms with Crippen LogP contribution < -0.4 is 4.74 Å². The lowest BCUT2D eigenvalue weighted by atomic mass is 9.87. The van der Waals surface area contributed by atoms with Gasteiger partial charge in [0.05, 0.1) is 6.61 Å². The van der Waals surface area contributed by atoms with Crippen LogP contribution in [-0.2, 0) is 5.41 Å². The van der Waals surface area contributed by atoms with E-state index >= 15 is 0 Å². The zero-order valence-corrected chi connectivity index (χ0v) is 15.5. The smallest absolute Gasteiger partial charge is 0.119 e. The van der Waals surface area contributed by atoms with Crippen LogP contribution in [0.25, 0.3) is 0 Å². The van der Waals surface area contributed by atoms with Crippen LogP contribution in [-0.4, -0.2) is 56.2 Å². The lowest BCUT2D eigenvalue weighted by Gasteiger charge is -2.32.